The first-order valence-electron chi connectivity index (χ1n) is 19.6. The molecule has 52 heavy (non-hydrogen) atoms. The highest BCUT2D eigenvalue weighted by Crippen LogP contribution is 2.41. The highest BCUT2D eigenvalue weighted by molar-refractivity contribution is 6.15. The van der Waals surface area contributed by atoms with E-state index in [2.05, 4.69) is 57.7 Å². The molecule has 11 aromatic rings. The molecule has 3 nitrogen and oxygen atoms in total. The number of aromatic nitrogens is 2. The molecule has 0 atom stereocenters. The Balaban J connectivity index is 1.10. The van der Waals surface area contributed by atoms with E-state index in [0.29, 0.717) is 27.5 Å². The third-order valence-electron chi connectivity index (χ3n) is 10.3. The fourth-order valence-corrected chi connectivity index (χ4v) is 8.04. The van der Waals surface area contributed by atoms with Gasteiger partial charge in [0.25, 0.3) is 0 Å². The third-order valence-corrected chi connectivity index (χ3v) is 10.3. The molecule has 8 aromatic carbocycles. The zero-order valence-corrected chi connectivity index (χ0v) is 27.5. The minimum absolute atomic E-state index is 0.134. The van der Waals surface area contributed by atoms with E-state index >= 15 is 4.39 Å². The summed E-state index contributed by atoms with van der Waals surface area (Å²) in [5.41, 5.74) is 9.39. The number of fused-ring (bicyclic) bond motifs is 9. The second-order valence-electron chi connectivity index (χ2n) is 13.1. The van der Waals surface area contributed by atoms with Crippen molar-refractivity contribution in [3.8, 4) is 33.6 Å². The largest absolute Gasteiger partial charge is 0.456 e. The van der Waals surface area contributed by atoms with E-state index in [1.165, 1.54) is 6.07 Å². The van der Waals surface area contributed by atoms with Gasteiger partial charge in [0.1, 0.15) is 17.0 Å². The molecule has 3 aromatic heterocycles. The fourth-order valence-electron chi connectivity index (χ4n) is 8.04. The Morgan fingerprint density at radius 3 is 1.98 bits per heavy atom. The smallest absolute Gasteiger partial charge is 0.136 e. The van der Waals surface area contributed by atoms with E-state index in [0.717, 1.165) is 66.1 Å². The van der Waals surface area contributed by atoms with Gasteiger partial charge in [-0.1, -0.05) is 96.9 Å². The molecule has 0 amide bonds. The second kappa shape index (κ2) is 11.0. The van der Waals surface area contributed by atoms with Crippen LogP contribution >= 0.6 is 0 Å². The van der Waals surface area contributed by atoms with Gasteiger partial charge in [-0.2, -0.15) is 0 Å². The van der Waals surface area contributed by atoms with Gasteiger partial charge in [-0.3, -0.25) is 0 Å². The van der Waals surface area contributed by atoms with E-state index in [4.69, 9.17) is 11.3 Å². The average molecular weight is 674 g/mol. The van der Waals surface area contributed by atoms with Crippen LogP contribution in [0.4, 0.5) is 4.39 Å². The van der Waals surface area contributed by atoms with Gasteiger partial charge in [-0.25, -0.2) is 4.39 Å². The molecule has 0 fully saturated rings. The topological polar surface area (TPSA) is 23.0 Å². The number of hydrogen-bond acceptors (Lipinski definition) is 1. The van der Waals surface area contributed by atoms with Gasteiger partial charge >= 0.3 is 0 Å². The standard InChI is InChI=1S/C48H29FN2O/c49-40-17-10-19-44-48(40)38-28-32(22-25-43(38)50(44)33-13-5-2-6-14-33)31-21-24-42-37(27-31)36-15-7-8-18-41(36)51(42)34-23-26-45-39(29-34)47-35(16-9-20-46(47)52-45)30-11-3-1-4-12-30/h1-29H/i1D,3D,4D,11D,12D. The van der Waals surface area contributed by atoms with Crippen molar-refractivity contribution in [1.82, 2.24) is 9.13 Å². The van der Waals surface area contributed by atoms with Crippen molar-refractivity contribution < 1.29 is 15.7 Å². The molecule has 0 N–H and O–H groups in total. The Kier molecular flexibility index (Phi) is 5.16. The molecule has 0 saturated heterocycles. The molecule has 0 radical (unpaired) electrons. The maximum Gasteiger partial charge on any atom is 0.136 e. The Morgan fingerprint density at radius 2 is 1.13 bits per heavy atom. The van der Waals surface area contributed by atoms with E-state index in [9.17, 15) is 0 Å². The Labute approximate surface area is 305 Å². The van der Waals surface area contributed by atoms with Crippen LogP contribution in [0.25, 0.3) is 99.2 Å². The normalized spacial score (nSPS) is 13.3. The van der Waals surface area contributed by atoms with E-state index in [1.54, 1.807) is 18.2 Å². The van der Waals surface area contributed by atoms with Crippen LogP contribution in [-0.2, 0) is 0 Å². The van der Waals surface area contributed by atoms with Gasteiger partial charge in [0.15, 0.2) is 0 Å². The first kappa shape index (κ1) is 24.3. The van der Waals surface area contributed by atoms with Crippen molar-refractivity contribution in [3.63, 3.8) is 0 Å². The van der Waals surface area contributed by atoms with Crippen LogP contribution in [0, 0.1) is 5.82 Å². The minimum atomic E-state index is -0.431. The van der Waals surface area contributed by atoms with Crippen molar-refractivity contribution in [2.24, 2.45) is 0 Å². The number of halogens is 1. The first-order valence-corrected chi connectivity index (χ1v) is 17.1. The fraction of sp³-hybridized carbons (Fsp3) is 0. The van der Waals surface area contributed by atoms with Gasteiger partial charge in [0.05, 0.1) is 28.9 Å². The second-order valence-corrected chi connectivity index (χ2v) is 13.1. The lowest BCUT2D eigenvalue weighted by Gasteiger charge is -2.10. The number of rotatable bonds is 4. The summed E-state index contributed by atoms with van der Waals surface area (Å²) >= 11 is 0. The maximum absolute atomic E-state index is 15.6. The molecule has 4 heteroatoms. The summed E-state index contributed by atoms with van der Waals surface area (Å²) in [7, 11) is 0. The molecular weight excluding hydrogens is 640 g/mol. The van der Waals surface area contributed by atoms with Crippen molar-refractivity contribution in [1.29, 1.82) is 0 Å². The molecule has 3 heterocycles. The Morgan fingerprint density at radius 1 is 0.442 bits per heavy atom. The predicted octanol–water partition coefficient (Wildman–Crippen LogP) is 13.3. The SMILES string of the molecule is [2H]c1c([2H])c([2H])c(-c2cccc3oc4ccc(-n5c6ccccc6c6cc(-c7ccc8c(c7)c7c(F)cccc7n8-c7ccccc7)ccc65)cc4c23)c([2H])c1[2H]. The zero-order valence-electron chi connectivity index (χ0n) is 32.5. The molecule has 0 aliphatic carbocycles. The monoisotopic (exact) mass is 673 g/mol. The van der Waals surface area contributed by atoms with E-state index in [-0.39, 0.29) is 35.6 Å². The van der Waals surface area contributed by atoms with Crippen LogP contribution in [0.3, 0.4) is 0 Å². The van der Waals surface area contributed by atoms with E-state index in [1.807, 2.05) is 72.8 Å². The molecule has 0 aliphatic rings. The van der Waals surface area contributed by atoms with Crippen molar-refractivity contribution in [2.45, 2.75) is 0 Å². The minimum Gasteiger partial charge on any atom is -0.456 e. The van der Waals surface area contributed by atoms with Gasteiger partial charge in [-0.05, 0) is 101 Å². The van der Waals surface area contributed by atoms with Crippen molar-refractivity contribution in [2.75, 3.05) is 0 Å². The Hall–Kier alpha value is -6.91. The number of para-hydroxylation sites is 2. The van der Waals surface area contributed by atoms with Crippen molar-refractivity contribution in [3.05, 3.63) is 182 Å². The summed E-state index contributed by atoms with van der Waals surface area (Å²) in [5, 5.41) is 5.00. The molecule has 11 rings (SSSR count). The number of furan rings is 1. The molecule has 244 valence electrons. The number of benzene rings is 8. The quantitative estimate of drug-likeness (QED) is 0.182. The van der Waals surface area contributed by atoms with Crippen molar-refractivity contribution >= 4 is 65.6 Å². The lowest BCUT2D eigenvalue weighted by Crippen LogP contribution is -1.93. The van der Waals surface area contributed by atoms with Crippen LogP contribution < -0.4 is 0 Å². The van der Waals surface area contributed by atoms with Crippen LogP contribution in [0.2, 0.25) is 0 Å². The van der Waals surface area contributed by atoms with Gasteiger partial charge in [0.2, 0.25) is 0 Å². The van der Waals surface area contributed by atoms with E-state index < -0.39 is 6.04 Å². The Bertz CT molecular complexity index is 3460. The summed E-state index contributed by atoms with van der Waals surface area (Å²) in [6, 6.07) is 45.9. The van der Waals surface area contributed by atoms with Crippen LogP contribution in [-0.4, -0.2) is 9.13 Å². The zero-order chi connectivity index (χ0) is 38.7. The van der Waals surface area contributed by atoms with Crippen LogP contribution in [0.5, 0.6) is 0 Å². The maximum atomic E-state index is 15.6. The van der Waals surface area contributed by atoms with Gasteiger partial charge in [-0.15, -0.1) is 0 Å². The van der Waals surface area contributed by atoms with Crippen LogP contribution in [0.15, 0.2) is 180 Å². The molecule has 0 saturated carbocycles. The first-order chi connectivity index (χ1) is 27.8. The highest BCUT2D eigenvalue weighted by Gasteiger charge is 2.19. The molecule has 0 unspecified atom stereocenters. The average Bonchev–Trinajstić information content (AvgIpc) is 3.90. The summed E-state index contributed by atoms with van der Waals surface area (Å²) < 4.78 is 68.5. The van der Waals surface area contributed by atoms with Gasteiger partial charge < -0.3 is 13.6 Å². The molecule has 0 bridgehead atoms. The predicted molar refractivity (Wildman–Crippen MR) is 213 cm³/mol. The lowest BCUT2D eigenvalue weighted by atomic mass is 9.99. The summed E-state index contributed by atoms with van der Waals surface area (Å²) in [6.45, 7) is 0. The number of hydrogen-bond donors (Lipinski definition) is 0. The molecule has 0 aliphatic heterocycles. The third kappa shape index (κ3) is 4.18. The van der Waals surface area contributed by atoms with Gasteiger partial charge in [0, 0.05) is 43.7 Å². The summed E-state index contributed by atoms with van der Waals surface area (Å²) in [4.78, 5) is 0. The van der Waals surface area contributed by atoms with Crippen LogP contribution in [0.1, 0.15) is 6.85 Å². The summed E-state index contributed by atoms with van der Waals surface area (Å²) in [5.74, 6) is -0.259. The lowest BCUT2D eigenvalue weighted by molar-refractivity contribution is 0.640. The highest BCUT2D eigenvalue weighted by atomic mass is 19.1. The molecular formula is C48H29FN2O. The molecule has 0 spiro atoms. The summed E-state index contributed by atoms with van der Waals surface area (Å²) in [6.07, 6.45) is 0. The number of nitrogens with zero attached hydrogens (tertiary/aromatic N) is 2.